The van der Waals surface area contributed by atoms with Crippen molar-refractivity contribution in [1.82, 2.24) is 14.1 Å². The second-order valence-electron chi connectivity index (χ2n) is 7.92. The lowest BCUT2D eigenvalue weighted by molar-refractivity contribution is -0.143. The average molecular weight is 428 g/mol. The van der Waals surface area contributed by atoms with Crippen LogP contribution >= 0.6 is 11.6 Å². The van der Waals surface area contributed by atoms with E-state index < -0.39 is 10.0 Å². The Balaban J connectivity index is 1.65. The van der Waals surface area contributed by atoms with E-state index in [-0.39, 0.29) is 34.0 Å². The molecule has 3 rings (SSSR count). The number of piperazine rings is 1. The van der Waals surface area contributed by atoms with Gasteiger partial charge in [0.1, 0.15) is 4.90 Å². The van der Waals surface area contributed by atoms with Crippen molar-refractivity contribution in [2.75, 3.05) is 26.2 Å². The number of benzene rings is 1. The van der Waals surface area contributed by atoms with Gasteiger partial charge in [0.15, 0.2) is 0 Å². The first-order valence-corrected chi connectivity index (χ1v) is 11.9. The summed E-state index contributed by atoms with van der Waals surface area (Å²) < 4.78 is 27.3. The minimum Gasteiger partial charge on any atom is -0.336 e. The van der Waals surface area contributed by atoms with Crippen molar-refractivity contribution < 1.29 is 13.2 Å². The van der Waals surface area contributed by atoms with Gasteiger partial charge in [-0.2, -0.15) is 4.31 Å². The van der Waals surface area contributed by atoms with Crippen LogP contribution in [0.1, 0.15) is 40.0 Å². The summed E-state index contributed by atoms with van der Waals surface area (Å²) >= 11 is 6.10. The van der Waals surface area contributed by atoms with E-state index in [9.17, 15) is 13.2 Å². The molecule has 0 spiro atoms. The highest BCUT2D eigenvalue weighted by Gasteiger charge is 2.37. The number of hydrogen-bond donors (Lipinski definition) is 0. The summed E-state index contributed by atoms with van der Waals surface area (Å²) in [6.45, 7) is 7.96. The van der Waals surface area contributed by atoms with Crippen LogP contribution in [0.15, 0.2) is 29.2 Å². The van der Waals surface area contributed by atoms with Gasteiger partial charge in [-0.15, -0.1) is 0 Å². The molecular formula is C20H30ClN3O3S. The SMILES string of the molecule is C[C@H](C(=O)N1[C@H](C)CCC[C@@H]1C)N1CCN(S(=O)(=O)c2ccccc2Cl)CC1. The van der Waals surface area contributed by atoms with Crippen molar-refractivity contribution in [1.29, 1.82) is 0 Å². The molecule has 2 saturated heterocycles. The zero-order valence-electron chi connectivity index (χ0n) is 16.8. The Labute approximate surface area is 173 Å². The number of carbonyl (C=O) groups is 1. The van der Waals surface area contributed by atoms with Gasteiger partial charge in [-0.1, -0.05) is 23.7 Å². The summed E-state index contributed by atoms with van der Waals surface area (Å²) in [5.41, 5.74) is 0. The van der Waals surface area contributed by atoms with Crippen LogP contribution in [-0.4, -0.2) is 72.7 Å². The molecule has 1 amide bonds. The fraction of sp³-hybridized carbons (Fsp3) is 0.650. The summed E-state index contributed by atoms with van der Waals surface area (Å²) in [6, 6.07) is 6.81. The second kappa shape index (κ2) is 8.69. The van der Waals surface area contributed by atoms with Gasteiger partial charge in [0.05, 0.1) is 11.1 Å². The predicted molar refractivity (Wildman–Crippen MR) is 111 cm³/mol. The summed E-state index contributed by atoms with van der Waals surface area (Å²) in [4.78, 5) is 17.4. The van der Waals surface area contributed by atoms with E-state index in [4.69, 9.17) is 11.6 Å². The molecule has 28 heavy (non-hydrogen) atoms. The molecule has 156 valence electrons. The molecule has 0 N–H and O–H groups in total. The number of nitrogens with zero attached hydrogens (tertiary/aromatic N) is 3. The molecule has 2 aliphatic heterocycles. The third-order valence-corrected chi connectivity index (χ3v) is 8.48. The van der Waals surface area contributed by atoms with Gasteiger partial charge in [0.2, 0.25) is 15.9 Å². The number of amides is 1. The molecule has 0 radical (unpaired) electrons. The molecule has 6 nitrogen and oxygen atoms in total. The predicted octanol–water partition coefficient (Wildman–Crippen LogP) is 2.82. The molecule has 0 aromatic heterocycles. The van der Waals surface area contributed by atoms with Crippen LogP contribution in [0.3, 0.4) is 0 Å². The molecule has 0 bridgehead atoms. The van der Waals surface area contributed by atoms with Gasteiger partial charge in [0, 0.05) is 38.3 Å². The number of halogens is 1. The standard InChI is InChI=1S/C20H30ClN3O3S/c1-15-7-6-8-16(2)24(15)20(25)17(3)22-11-13-23(14-12-22)28(26,27)19-10-5-4-9-18(19)21/h4-5,9-10,15-17H,6-8,11-14H2,1-3H3/t15-,16+,17-/m1/s1. The van der Waals surface area contributed by atoms with Crippen molar-refractivity contribution in [3.8, 4) is 0 Å². The fourth-order valence-electron chi connectivity index (χ4n) is 4.35. The van der Waals surface area contributed by atoms with Gasteiger partial charge in [-0.05, 0) is 52.2 Å². The Bertz CT molecular complexity index is 799. The van der Waals surface area contributed by atoms with Gasteiger partial charge >= 0.3 is 0 Å². The fourth-order valence-corrected chi connectivity index (χ4v) is 6.27. The highest BCUT2D eigenvalue weighted by atomic mass is 35.5. The molecular weight excluding hydrogens is 398 g/mol. The minimum atomic E-state index is -3.62. The Morgan fingerprint density at radius 2 is 1.64 bits per heavy atom. The maximum Gasteiger partial charge on any atom is 0.244 e. The summed E-state index contributed by atoms with van der Waals surface area (Å²) in [7, 11) is -3.62. The van der Waals surface area contributed by atoms with E-state index in [1.54, 1.807) is 18.2 Å². The van der Waals surface area contributed by atoms with E-state index in [0.717, 1.165) is 12.8 Å². The molecule has 2 fully saturated rings. The molecule has 8 heteroatoms. The smallest absolute Gasteiger partial charge is 0.244 e. The quantitative estimate of drug-likeness (QED) is 0.741. The van der Waals surface area contributed by atoms with E-state index in [1.807, 2.05) is 11.8 Å². The van der Waals surface area contributed by atoms with Crippen LogP contribution in [-0.2, 0) is 14.8 Å². The normalized spacial score (nSPS) is 26.2. The first-order valence-electron chi connectivity index (χ1n) is 10.0. The largest absolute Gasteiger partial charge is 0.336 e. The zero-order chi connectivity index (χ0) is 20.5. The van der Waals surface area contributed by atoms with E-state index >= 15 is 0 Å². The maximum absolute atomic E-state index is 13.1. The molecule has 2 aliphatic rings. The molecule has 2 heterocycles. The van der Waals surface area contributed by atoms with E-state index in [0.29, 0.717) is 26.2 Å². The maximum atomic E-state index is 13.1. The van der Waals surface area contributed by atoms with Crippen LogP contribution in [0, 0.1) is 0 Å². The third kappa shape index (κ3) is 4.22. The lowest BCUT2D eigenvalue weighted by atomic mass is 9.96. The number of rotatable bonds is 4. The Morgan fingerprint density at radius 1 is 1.07 bits per heavy atom. The van der Waals surface area contributed by atoms with E-state index in [2.05, 4.69) is 18.7 Å². The van der Waals surface area contributed by atoms with Gasteiger partial charge in [-0.3, -0.25) is 9.69 Å². The van der Waals surface area contributed by atoms with Crippen LogP contribution in [0.25, 0.3) is 0 Å². The number of hydrogen-bond acceptors (Lipinski definition) is 4. The van der Waals surface area contributed by atoms with Crippen molar-refractivity contribution in [2.24, 2.45) is 0 Å². The number of likely N-dealkylation sites (tertiary alicyclic amines) is 1. The molecule has 0 saturated carbocycles. The molecule has 0 unspecified atom stereocenters. The van der Waals surface area contributed by atoms with Crippen LogP contribution in [0.2, 0.25) is 5.02 Å². The summed E-state index contributed by atoms with van der Waals surface area (Å²) in [5, 5.41) is 0.238. The average Bonchev–Trinajstić information content (AvgIpc) is 2.67. The van der Waals surface area contributed by atoms with Gasteiger partial charge in [-0.25, -0.2) is 8.42 Å². The van der Waals surface area contributed by atoms with Crippen molar-refractivity contribution in [3.05, 3.63) is 29.3 Å². The van der Waals surface area contributed by atoms with E-state index in [1.165, 1.54) is 16.8 Å². The molecule has 1 aromatic carbocycles. The highest BCUT2D eigenvalue weighted by molar-refractivity contribution is 7.89. The first kappa shape index (κ1) is 21.6. The molecule has 1 aromatic rings. The number of carbonyl (C=O) groups excluding carboxylic acids is 1. The number of sulfonamides is 1. The topological polar surface area (TPSA) is 60.9 Å². The second-order valence-corrected chi connectivity index (χ2v) is 10.2. The summed E-state index contributed by atoms with van der Waals surface area (Å²) in [5.74, 6) is 0.155. The lowest BCUT2D eigenvalue weighted by Crippen LogP contribution is -2.58. The van der Waals surface area contributed by atoms with Crippen LogP contribution in [0.5, 0.6) is 0 Å². The third-order valence-electron chi connectivity index (χ3n) is 6.08. The monoisotopic (exact) mass is 427 g/mol. The minimum absolute atomic E-state index is 0.144. The molecule has 0 aliphatic carbocycles. The van der Waals surface area contributed by atoms with Gasteiger partial charge in [0.25, 0.3) is 0 Å². The highest BCUT2D eigenvalue weighted by Crippen LogP contribution is 2.27. The summed E-state index contributed by atoms with van der Waals surface area (Å²) in [6.07, 6.45) is 3.26. The van der Waals surface area contributed by atoms with Crippen LogP contribution < -0.4 is 0 Å². The van der Waals surface area contributed by atoms with Crippen LogP contribution in [0.4, 0.5) is 0 Å². The lowest BCUT2D eigenvalue weighted by Gasteiger charge is -2.43. The molecule has 3 atom stereocenters. The van der Waals surface area contributed by atoms with Crippen molar-refractivity contribution in [3.63, 3.8) is 0 Å². The van der Waals surface area contributed by atoms with Gasteiger partial charge < -0.3 is 4.90 Å². The Hall–Kier alpha value is -1.15. The number of piperidine rings is 1. The Morgan fingerprint density at radius 3 is 2.21 bits per heavy atom. The van der Waals surface area contributed by atoms with Crippen molar-refractivity contribution >= 4 is 27.5 Å². The Kier molecular flexibility index (Phi) is 6.69. The zero-order valence-corrected chi connectivity index (χ0v) is 18.4. The van der Waals surface area contributed by atoms with Crippen molar-refractivity contribution in [2.45, 2.75) is 63.1 Å². The first-order chi connectivity index (χ1) is 13.2.